The number of carbonyl (C=O) groups is 1. The first-order valence-corrected chi connectivity index (χ1v) is 7.02. The Hall–Kier alpha value is -1.32. The van der Waals surface area contributed by atoms with Gasteiger partial charge in [0, 0.05) is 12.3 Å². The van der Waals surface area contributed by atoms with Gasteiger partial charge < -0.3 is 0 Å². The minimum Gasteiger partial charge on any atom is -0.299 e. The van der Waals surface area contributed by atoms with Crippen molar-refractivity contribution in [1.29, 1.82) is 0 Å². The Morgan fingerprint density at radius 3 is 2.30 bits per heavy atom. The summed E-state index contributed by atoms with van der Waals surface area (Å²) in [4.78, 5) is 12.2. The first-order valence-electron chi connectivity index (χ1n) is 7.02. The van der Waals surface area contributed by atoms with Crippen LogP contribution in [0.5, 0.6) is 0 Å². The van der Waals surface area contributed by atoms with Gasteiger partial charge in [0.15, 0.2) is 0 Å². The molecule has 1 nitrogen and oxygen atoms in total. The van der Waals surface area contributed by atoms with E-state index in [9.17, 15) is 18.0 Å². The maximum Gasteiger partial charge on any atom is 0.391 e. The molecule has 2 rings (SSSR count). The number of ketones is 1. The fraction of sp³-hybridized carbons (Fsp3) is 0.562. The van der Waals surface area contributed by atoms with Gasteiger partial charge in [0.1, 0.15) is 5.78 Å². The van der Waals surface area contributed by atoms with Crippen LogP contribution < -0.4 is 0 Å². The Kier molecular flexibility index (Phi) is 4.51. The molecule has 1 aliphatic rings. The van der Waals surface area contributed by atoms with Crippen molar-refractivity contribution in [2.45, 2.75) is 45.2 Å². The zero-order valence-electron chi connectivity index (χ0n) is 11.5. The summed E-state index contributed by atoms with van der Waals surface area (Å²) in [5.74, 6) is -1.34. The normalized spacial score (nSPS) is 23.6. The lowest BCUT2D eigenvalue weighted by atomic mass is 9.78. The highest BCUT2D eigenvalue weighted by Gasteiger charge is 2.42. The molecule has 0 amide bonds. The monoisotopic (exact) mass is 284 g/mol. The molecule has 0 bridgehead atoms. The minimum absolute atomic E-state index is 0.0833. The number of carbonyl (C=O) groups excluding carboxylic acids is 1. The average Bonchev–Trinajstić information content (AvgIpc) is 2.40. The Balaban J connectivity index is 1.91. The number of hydrogen-bond donors (Lipinski definition) is 0. The molecule has 0 heterocycles. The summed E-state index contributed by atoms with van der Waals surface area (Å²) in [6.45, 7) is 1.95. The third-order valence-corrected chi connectivity index (χ3v) is 4.27. The van der Waals surface area contributed by atoms with E-state index in [1.807, 2.05) is 31.2 Å². The van der Waals surface area contributed by atoms with Crippen molar-refractivity contribution >= 4 is 5.78 Å². The summed E-state index contributed by atoms with van der Waals surface area (Å²) in [7, 11) is 0. The number of hydrogen-bond acceptors (Lipinski definition) is 1. The van der Waals surface area contributed by atoms with Gasteiger partial charge in [-0.2, -0.15) is 13.2 Å². The van der Waals surface area contributed by atoms with Crippen molar-refractivity contribution in [3.8, 4) is 0 Å². The average molecular weight is 284 g/mol. The Morgan fingerprint density at radius 1 is 1.15 bits per heavy atom. The van der Waals surface area contributed by atoms with Crippen molar-refractivity contribution in [3.05, 3.63) is 35.4 Å². The molecule has 1 aliphatic carbocycles. The smallest absolute Gasteiger partial charge is 0.299 e. The van der Waals surface area contributed by atoms with E-state index in [-0.39, 0.29) is 24.5 Å². The molecule has 110 valence electrons. The molecule has 0 saturated heterocycles. The molecular weight excluding hydrogens is 265 g/mol. The molecule has 1 aromatic rings. The SMILES string of the molecule is Cc1ccccc1CC(=O)C1CCC(C(F)(F)F)CC1. The second kappa shape index (κ2) is 5.98. The summed E-state index contributed by atoms with van der Waals surface area (Å²) in [6.07, 6.45) is -2.84. The summed E-state index contributed by atoms with van der Waals surface area (Å²) in [5, 5.41) is 0. The molecule has 0 unspecified atom stereocenters. The van der Waals surface area contributed by atoms with E-state index >= 15 is 0 Å². The fourth-order valence-electron chi connectivity index (χ4n) is 2.88. The lowest BCUT2D eigenvalue weighted by Gasteiger charge is -2.29. The van der Waals surface area contributed by atoms with Gasteiger partial charge in [0.05, 0.1) is 5.92 Å². The topological polar surface area (TPSA) is 17.1 Å². The first-order chi connectivity index (χ1) is 9.38. The molecule has 0 N–H and O–H groups in total. The van der Waals surface area contributed by atoms with Crippen LogP contribution >= 0.6 is 0 Å². The lowest BCUT2D eigenvalue weighted by molar-refractivity contribution is -0.184. The zero-order chi connectivity index (χ0) is 14.8. The predicted octanol–water partition coefficient (Wildman–Crippen LogP) is 4.48. The summed E-state index contributed by atoms with van der Waals surface area (Å²) in [5.41, 5.74) is 2.04. The van der Waals surface area contributed by atoms with Crippen LogP contribution in [-0.2, 0) is 11.2 Å². The number of alkyl halides is 3. The predicted molar refractivity (Wildman–Crippen MR) is 71.4 cm³/mol. The molecule has 20 heavy (non-hydrogen) atoms. The van der Waals surface area contributed by atoms with Crippen molar-refractivity contribution in [2.24, 2.45) is 11.8 Å². The van der Waals surface area contributed by atoms with Crippen molar-refractivity contribution in [1.82, 2.24) is 0 Å². The van der Waals surface area contributed by atoms with E-state index in [1.165, 1.54) is 0 Å². The third-order valence-electron chi connectivity index (χ3n) is 4.27. The van der Waals surface area contributed by atoms with Gasteiger partial charge in [-0.3, -0.25) is 4.79 Å². The minimum atomic E-state index is -4.11. The standard InChI is InChI=1S/C16H19F3O/c1-11-4-2-3-5-13(11)10-15(20)12-6-8-14(9-7-12)16(17,18)19/h2-5,12,14H,6-10H2,1H3. The van der Waals surface area contributed by atoms with Crippen LogP contribution in [-0.4, -0.2) is 12.0 Å². The van der Waals surface area contributed by atoms with E-state index in [2.05, 4.69) is 0 Å². The molecule has 0 radical (unpaired) electrons. The van der Waals surface area contributed by atoms with Gasteiger partial charge in [0.2, 0.25) is 0 Å². The Morgan fingerprint density at radius 2 is 1.75 bits per heavy atom. The van der Waals surface area contributed by atoms with E-state index in [0.29, 0.717) is 19.3 Å². The Labute approximate surface area is 117 Å². The fourth-order valence-corrected chi connectivity index (χ4v) is 2.88. The van der Waals surface area contributed by atoms with Crippen LogP contribution in [0.2, 0.25) is 0 Å². The molecule has 0 aromatic heterocycles. The summed E-state index contributed by atoms with van der Waals surface area (Å²) >= 11 is 0. The third kappa shape index (κ3) is 3.62. The molecule has 1 saturated carbocycles. The molecule has 1 aromatic carbocycles. The second-order valence-electron chi connectivity index (χ2n) is 5.66. The largest absolute Gasteiger partial charge is 0.391 e. The van der Waals surface area contributed by atoms with Crippen LogP contribution in [0.1, 0.15) is 36.8 Å². The van der Waals surface area contributed by atoms with Crippen LogP contribution in [0.15, 0.2) is 24.3 Å². The van der Waals surface area contributed by atoms with E-state index in [1.54, 1.807) is 0 Å². The van der Waals surface area contributed by atoms with Gasteiger partial charge >= 0.3 is 6.18 Å². The first kappa shape index (κ1) is 15.1. The van der Waals surface area contributed by atoms with E-state index in [0.717, 1.165) is 11.1 Å². The van der Waals surface area contributed by atoms with E-state index < -0.39 is 12.1 Å². The maximum atomic E-state index is 12.6. The van der Waals surface area contributed by atoms with Gasteiger partial charge in [-0.25, -0.2) is 0 Å². The van der Waals surface area contributed by atoms with Crippen molar-refractivity contribution in [3.63, 3.8) is 0 Å². The van der Waals surface area contributed by atoms with Crippen molar-refractivity contribution in [2.75, 3.05) is 0 Å². The molecule has 0 aliphatic heterocycles. The van der Waals surface area contributed by atoms with E-state index in [4.69, 9.17) is 0 Å². The molecule has 4 heteroatoms. The number of rotatable bonds is 3. The van der Waals surface area contributed by atoms with Gasteiger partial charge in [-0.15, -0.1) is 0 Å². The maximum absolute atomic E-state index is 12.6. The van der Waals surface area contributed by atoms with Gasteiger partial charge in [0.25, 0.3) is 0 Å². The molecular formula is C16H19F3O. The van der Waals surface area contributed by atoms with Crippen LogP contribution in [0, 0.1) is 18.8 Å². The van der Waals surface area contributed by atoms with Crippen LogP contribution in [0.4, 0.5) is 13.2 Å². The number of aryl methyl sites for hydroxylation is 1. The lowest BCUT2D eigenvalue weighted by Crippen LogP contribution is -2.30. The summed E-state index contributed by atoms with van der Waals surface area (Å²) < 4.78 is 37.8. The summed E-state index contributed by atoms with van der Waals surface area (Å²) in [6, 6.07) is 7.66. The Bertz CT molecular complexity index is 471. The molecule has 0 spiro atoms. The number of halogens is 3. The highest BCUT2D eigenvalue weighted by atomic mass is 19.4. The van der Waals surface area contributed by atoms with Gasteiger partial charge in [-0.1, -0.05) is 24.3 Å². The highest BCUT2D eigenvalue weighted by molar-refractivity contribution is 5.83. The molecule has 1 fully saturated rings. The quantitative estimate of drug-likeness (QED) is 0.800. The van der Waals surface area contributed by atoms with Crippen LogP contribution in [0.3, 0.4) is 0 Å². The van der Waals surface area contributed by atoms with Gasteiger partial charge in [-0.05, 0) is 43.7 Å². The number of Topliss-reactive ketones (excluding diaryl/α,β-unsaturated/α-hetero) is 1. The number of benzene rings is 1. The van der Waals surface area contributed by atoms with Crippen molar-refractivity contribution < 1.29 is 18.0 Å². The zero-order valence-corrected chi connectivity index (χ0v) is 11.5. The highest BCUT2D eigenvalue weighted by Crippen LogP contribution is 2.39. The van der Waals surface area contributed by atoms with Crippen LogP contribution in [0.25, 0.3) is 0 Å². The second-order valence-corrected chi connectivity index (χ2v) is 5.66. The molecule has 0 atom stereocenters.